The molecule has 1 saturated heterocycles. The van der Waals surface area contributed by atoms with Crippen LogP contribution < -0.4 is 0 Å². The fraction of sp³-hybridized carbons (Fsp3) is 0.769. The van der Waals surface area contributed by atoms with Crippen molar-refractivity contribution in [3.63, 3.8) is 0 Å². The van der Waals surface area contributed by atoms with Gasteiger partial charge < -0.3 is 9.84 Å². The molecule has 1 unspecified atom stereocenters. The zero-order valence-corrected chi connectivity index (χ0v) is 10.1. The van der Waals surface area contributed by atoms with Crippen LogP contribution >= 0.6 is 0 Å². The van der Waals surface area contributed by atoms with Crippen molar-refractivity contribution in [2.24, 2.45) is 0 Å². The van der Waals surface area contributed by atoms with Crippen molar-refractivity contribution < 1.29 is 9.84 Å². The number of ether oxygens (including phenoxy) is 1. The van der Waals surface area contributed by atoms with E-state index in [1.54, 1.807) is 6.08 Å². The van der Waals surface area contributed by atoms with Crippen LogP contribution in [0.25, 0.3) is 0 Å². The number of fused-ring (bicyclic) bond motifs is 1. The van der Waals surface area contributed by atoms with E-state index in [0.717, 1.165) is 12.8 Å². The number of hydrogen-bond acceptors (Lipinski definition) is 4. The van der Waals surface area contributed by atoms with Gasteiger partial charge in [0.25, 0.3) is 0 Å². The zero-order valence-electron chi connectivity index (χ0n) is 10.1. The van der Waals surface area contributed by atoms with Crippen molar-refractivity contribution >= 4 is 0 Å². The van der Waals surface area contributed by atoms with E-state index in [1.807, 2.05) is 0 Å². The fourth-order valence-electron chi connectivity index (χ4n) is 2.99. The standard InChI is InChI=1S/C13H20N2O2/c1-2-7-15-11-5-3-4-6-12(11)17-10-13(15,8-14)9-16/h2,11-12,16H,1,3-7,9-10H2/t11-,12-,13?/m0/s1. The second-order valence-electron chi connectivity index (χ2n) is 4.94. The van der Waals surface area contributed by atoms with Crippen molar-refractivity contribution in [1.82, 2.24) is 4.90 Å². The molecule has 17 heavy (non-hydrogen) atoms. The van der Waals surface area contributed by atoms with Gasteiger partial charge in [0, 0.05) is 12.6 Å². The lowest BCUT2D eigenvalue weighted by atomic mass is 9.85. The molecule has 0 bridgehead atoms. The molecule has 0 radical (unpaired) electrons. The molecule has 3 atom stereocenters. The Morgan fingerprint density at radius 3 is 2.94 bits per heavy atom. The molecule has 0 aromatic rings. The topological polar surface area (TPSA) is 56.5 Å². The van der Waals surface area contributed by atoms with E-state index in [4.69, 9.17) is 4.74 Å². The molecule has 1 heterocycles. The molecule has 1 N–H and O–H groups in total. The van der Waals surface area contributed by atoms with Crippen LogP contribution in [-0.2, 0) is 4.74 Å². The second-order valence-corrected chi connectivity index (χ2v) is 4.94. The first-order chi connectivity index (χ1) is 8.27. The Labute approximate surface area is 102 Å². The normalized spacial score (nSPS) is 38.1. The molecule has 94 valence electrons. The molecule has 0 aromatic heterocycles. The summed E-state index contributed by atoms with van der Waals surface area (Å²) in [5, 5.41) is 18.9. The lowest BCUT2D eigenvalue weighted by Crippen LogP contribution is -2.66. The second kappa shape index (κ2) is 5.18. The highest BCUT2D eigenvalue weighted by Gasteiger charge is 2.48. The van der Waals surface area contributed by atoms with E-state index in [0.29, 0.717) is 13.2 Å². The minimum Gasteiger partial charge on any atom is -0.393 e. The molecule has 2 aliphatic rings. The van der Waals surface area contributed by atoms with E-state index in [2.05, 4.69) is 17.5 Å². The first-order valence-corrected chi connectivity index (χ1v) is 6.29. The molecule has 4 nitrogen and oxygen atoms in total. The Morgan fingerprint density at radius 1 is 1.53 bits per heavy atom. The number of hydrogen-bond donors (Lipinski definition) is 1. The van der Waals surface area contributed by atoms with E-state index >= 15 is 0 Å². The summed E-state index contributed by atoms with van der Waals surface area (Å²) in [4.78, 5) is 2.09. The van der Waals surface area contributed by atoms with Gasteiger partial charge in [-0.05, 0) is 12.8 Å². The average Bonchev–Trinajstić information content (AvgIpc) is 2.40. The minimum absolute atomic E-state index is 0.180. The van der Waals surface area contributed by atoms with Crippen molar-refractivity contribution in [3.8, 4) is 6.07 Å². The van der Waals surface area contributed by atoms with Crippen LogP contribution in [0.5, 0.6) is 0 Å². The van der Waals surface area contributed by atoms with Gasteiger partial charge >= 0.3 is 0 Å². The molecule has 0 amide bonds. The number of nitriles is 1. The van der Waals surface area contributed by atoms with E-state index < -0.39 is 5.54 Å². The summed E-state index contributed by atoms with van der Waals surface area (Å²) in [5.41, 5.74) is -0.882. The highest BCUT2D eigenvalue weighted by atomic mass is 16.5. The minimum atomic E-state index is -0.882. The Balaban J connectivity index is 2.25. The Hall–Kier alpha value is -0.890. The van der Waals surface area contributed by atoms with Crippen LogP contribution in [0.4, 0.5) is 0 Å². The van der Waals surface area contributed by atoms with Gasteiger partial charge in [0.05, 0.1) is 25.4 Å². The van der Waals surface area contributed by atoms with E-state index in [1.165, 1.54) is 12.8 Å². The molecule has 1 aliphatic carbocycles. The van der Waals surface area contributed by atoms with Crippen LogP contribution in [0.1, 0.15) is 25.7 Å². The van der Waals surface area contributed by atoms with Gasteiger partial charge in [0.2, 0.25) is 0 Å². The summed E-state index contributed by atoms with van der Waals surface area (Å²) >= 11 is 0. The predicted molar refractivity (Wildman–Crippen MR) is 64.3 cm³/mol. The van der Waals surface area contributed by atoms with Gasteiger partial charge in [-0.2, -0.15) is 5.26 Å². The molecular formula is C13H20N2O2. The predicted octanol–water partition coefficient (Wildman–Crippen LogP) is 1.07. The van der Waals surface area contributed by atoms with Crippen LogP contribution in [0.3, 0.4) is 0 Å². The van der Waals surface area contributed by atoms with Gasteiger partial charge in [-0.3, -0.25) is 4.90 Å². The third-order valence-corrected chi connectivity index (χ3v) is 3.95. The van der Waals surface area contributed by atoms with E-state index in [9.17, 15) is 10.4 Å². The van der Waals surface area contributed by atoms with Gasteiger partial charge in [-0.15, -0.1) is 6.58 Å². The number of aliphatic hydroxyl groups excluding tert-OH is 1. The van der Waals surface area contributed by atoms with Crippen molar-refractivity contribution in [2.45, 2.75) is 43.4 Å². The maximum Gasteiger partial charge on any atom is 0.156 e. The van der Waals surface area contributed by atoms with Crippen LogP contribution in [-0.4, -0.2) is 47.4 Å². The first kappa shape index (κ1) is 12.6. The summed E-state index contributed by atoms with van der Waals surface area (Å²) in [5.74, 6) is 0. The van der Waals surface area contributed by atoms with Gasteiger partial charge in [-0.25, -0.2) is 0 Å². The molecular weight excluding hydrogens is 216 g/mol. The van der Waals surface area contributed by atoms with Gasteiger partial charge in [-0.1, -0.05) is 18.9 Å². The molecule has 1 saturated carbocycles. The smallest absolute Gasteiger partial charge is 0.156 e. The Morgan fingerprint density at radius 2 is 2.29 bits per heavy atom. The monoisotopic (exact) mass is 236 g/mol. The van der Waals surface area contributed by atoms with Gasteiger partial charge in [0.1, 0.15) is 0 Å². The largest absolute Gasteiger partial charge is 0.393 e. The first-order valence-electron chi connectivity index (χ1n) is 6.29. The molecule has 1 aliphatic heterocycles. The third-order valence-electron chi connectivity index (χ3n) is 3.95. The van der Waals surface area contributed by atoms with Gasteiger partial charge in [0.15, 0.2) is 5.54 Å². The summed E-state index contributed by atoms with van der Waals surface area (Å²) in [6, 6.07) is 2.49. The number of aliphatic hydroxyl groups is 1. The number of nitrogens with zero attached hydrogens (tertiary/aromatic N) is 2. The maximum atomic E-state index is 9.55. The zero-order chi connectivity index (χ0) is 12.3. The lowest BCUT2D eigenvalue weighted by Gasteiger charge is -2.51. The quantitative estimate of drug-likeness (QED) is 0.745. The molecule has 0 spiro atoms. The summed E-state index contributed by atoms with van der Waals surface area (Å²) < 4.78 is 5.80. The Bertz CT molecular complexity index is 326. The maximum absolute atomic E-state index is 9.55. The summed E-state index contributed by atoms with van der Waals surface area (Å²) in [6.07, 6.45) is 6.50. The molecule has 2 rings (SSSR count). The Kier molecular flexibility index (Phi) is 3.82. The van der Waals surface area contributed by atoms with Crippen molar-refractivity contribution in [3.05, 3.63) is 12.7 Å². The van der Waals surface area contributed by atoms with Crippen LogP contribution in [0.15, 0.2) is 12.7 Å². The van der Waals surface area contributed by atoms with Crippen LogP contribution in [0, 0.1) is 11.3 Å². The third kappa shape index (κ3) is 2.11. The van der Waals surface area contributed by atoms with Crippen LogP contribution in [0.2, 0.25) is 0 Å². The lowest BCUT2D eigenvalue weighted by molar-refractivity contribution is -0.149. The summed E-state index contributed by atoms with van der Waals surface area (Å²) in [7, 11) is 0. The van der Waals surface area contributed by atoms with E-state index in [-0.39, 0.29) is 18.8 Å². The SMILES string of the molecule is C=CCN1[C@H]2CCCC[C@@H]2OCC1(C#N)CO. The number of morpholine rings is 1. The highest BCUT2D eigenvalue weighted by molar-refractivity contribution is 5.14. The average molecular weight is 236 g/mol. The summed E-state index contributed by atoms with van der Waals surface area (Å²) in [6.45, 7) is 4.51. The fourth-order valence-corrected chi connectivity index (χ4v) is 2.99. The highest BCUT2D eigenvalue weighted by Crippen LogP contribution is 2.35. The molecule has 2 fully saturated rings. The molecule has 0 aromatic carbocycles. The van der Waals surface area contributed by atoms with Crippen molar-refractivity contribution in [2.75, 3.05) is 19.8 Å². The molecule has 4 heteroatoms. The number of rotatable bonds is 3. The van der Waals surface area contributed by atoms with Crippen molar-refractivity contribution in [1.29, 1.82) is 5.26 Å².